The van der Waals surface area contributed by atoms with Crippen molar-refractivity contribution in [1.29, 1.82) is 0 Å². The molecule has 0 spiro atoms. The van der Waals surface area contributed by atoms with Gasteiger partial charge in [0, 0.05) is 12.7 Å². The van der Waals surface area contributed by atoms with Crippen molar-refractivity contribution in [3.8, 4) is 0 Å². The number of nitrogens with one attached hydrogen (secondary N) is 1. The van der Waals surface area contributed by atoms with Crippen molar-refractivity contribution in [2.45, 2.75) is 13.5 Å². The van der Waals surface area contributed by atoms with Gasteiger partial charge in [-0.15, -0.1) is 11.3 Å². The highest BCUT2D eigenvalue weighted by molar-refractivity contribution is 7.11. The Morgan fingerprint density at radius 1 is 1.67 bits per heavy atom. The number of hydrogen-bond donors (Lipinski definition) is 1. The topological polar surface area (TPSA) is 34.1 Å². The van der Waals surface area contributed by atoms with E-state index < -0.39 is 0 Å². The lowest BCUT2D eigenvalue weighted by Crippen LogP contribution is -2.13. The second-order valence-electron chi connectivity index (χ2n) is 2.50. The van der Waals surface area contributed by atoms with Gasteiger partial charge in [-0.3, -0.25) is 0 Å². The zero-order chi connectivity index (χ0) is 8.81. The third-order valence-corrected chi connectivity index (χ3v) is 2.30. The SMILES string of the molecule is CNCCOCc1cnc(C)s1. The van der Waals surface area contributed by atoms with E-state index in [2.05, 4.69) is 10.3 Å². The van der Waals surface area contributed by atoms with Crippen molar-refractivity contribution in [3.63, 3.8) is 0 Å². The van der Waals surface area contributed by atoms with Gasteiger partial charge in [-0.2, -0.15) is 0 Å². The zero-order valence-electron chi connectivity index (χ0n) is 7.46. The van der Waals surface area contributed by atoms with Crippen LogP contribution in [-0.2, 0) is 11.3 Å². The van der Waals surface area contributed by atoms with Crippen LogP contribution in [0.15, 0.2) is 6.20 Å². The van der Waals surface area contributed by atoms with E-state index in [4.69, 9.17) is 4.74 Å². The normalized spacial score (nSPS) is 10.5. The average Bonchev–Trinajstić information content (AvgIpc) is 2.45. The van der Waals surface area contributed by atoms with E-state index in [9.17, 15) is 0 Å². The van der Waals surface area contributed by atoms with Crippen molar-refractivity contribution < 1.29 is 4.74 Å². The van der Waals surface area contributed by atoms with Crippen molar-refractivity contribution in [1.82, 2.24) is 10.3 Å². The van der Waals surface area contributed by atoms with E-state index in [-0.39, 0.29) is 0 Å². The van der Waals surface area contributed by atoms with E-state index in [1.807, 2.05) is 20.2 Å². The van der Waals surface area contributed by atoms with Gasteiger partial charge in [-0.25, -0.2) is 4.98 Å². The molecule has 3 nitrogen and oxygen atoms in total. The first-order valence-corrected chi connectivity index (χ1v) is 4.78. The van der Waals surface area contributed by atoms with Crippen LogP contribution in [0.1, 0.15) is 9.88 Å². The maximum absolute atomic E-state index is 5.38. The Hall–Kier alpha value is -0.450. The van der Waals surface area contributed by atoms with Gasteiger partial charge < -0.3 is 10.1 Å². The van der Waals surface area contributed by atoms with Gasteiger partial charge in [0.2, 0.25) is 0 Å². The number of aryl methyl sites for hydroxylation is 1. The molecule has 0 radical (unpaired) electrons. The first-order valence-electron chi connectivity index (χ1n) is 3.96. The largest absolute Gasteiger partial charge is 0.375 e. The molecule has 1 aromatic rings. The molecular weight excluding hydrogens is 172 g/mol. The molecule has 0 aliphatic heterocycles. The summed E-state index contributed by atoms with van der Waals surface area (Å²) in [6.07, 6.45) is 1.87. The lowest BCUT2D eigenvalue weighted by atomic mass is 10.6. The summed E-state index contributed by atoms with van der Waals surface area (Å²) in [5, 5.41) is 4.12. The number of nitrogens with zero attached hydrogens (tertiary/aromatic N) is 1. The minimum Gasteiger partial charge on any atom is -0.375 e. The fraction of sp³-hybridized carbons (Fsp3) is 0.625. The molecule has 1 heterocycles. The quantitative estimate of drug-likeness (QED) is 0.701. The van der Waals surface area contributed by atoms with Crippen LogP contribution in [0.5, 0.6) is 0 Å². The molecule has 0 saturated heterocycles. The smallest absolute Gasteiger partial charge is 0.0897 e. The minimum atomic E-state index is 0.688. The molecule has 0 aromatic carbocycles. The molecule has 0 unspecified atom stereocenters. The number of rotatable bonds is 5. The van der Waals surface area contributed by atoms with E-state index in [0.29, 0.717) is 6.61 Å². The minimum absolute atomic E-state index is 0.688. The number of thiazole rings is 1. The lowest BCUT2D eigenvalue weighted by Gasteiger charge is -1.99. The molecule has 0 aliphatic rings. The van der Waals surface area contributed by atoms with Crippen molar-refractivity contribution in [2.24, 2.45) is 0 Å². The highest BCUT2D eigenvalue weighted by atomic mass is 32.1. The molecule has 0 aliphatic carbocycles. The Morgan fingerprint density at radius 2 is 2.50 bits per heavy atom. The molecule has 0 bridgehead atoms. The molecule has 1 rings (SSSR count). The van der Waals surface area contributed by atoms with Crippen LogP contribution < -0.4 is 5.32 Å². The van der Waals surface area contributed by atoms with Crippen LogP contribution in [0.3, 0.4) is 0 Å². The number of likely N-dealkylation sites (N-methyl/N-ethyl adjacent to an activating group) is 1. The van der Waals surface area contributed by atoms with E-state index in [1.165, 1.54) is 4.88 Å². The fourth-order valence-electron chi connectivity index (χ4n) is 0.819. The molecule has 0 fully saturated rings. The first-order chi connectivity index (χ1) is 5.83. The van der Waals surface area contributed by atoms with Gasteiger partial charge in [-0.05, 0) is 14.0 Å². The van der Waals surface area contributed by atoms with E-state index in [1.54, 1.807) is 11.3 Å². The molecule has 68 valence electrons. The fourth-order valence-corrected chi connectivity index (χ4v) is 1.55. The van der Waals surface area contributed by atoms with Crippen LogP contribution in [-0.4, -0.2) is 25.2 Å². The van der Waals surface area contributed by atoms with Crippen LogP contribution in [0.4, 0.5) is 0 Å². The molecule has 4 heteroatoms. The maximum Gasteiger partial charge on any atom is 0.0897 e. The van der Waals surface area contributed by atoms with Gasteiger partial charge in [0.1, 0.15) is 0 Å². The highest BCUT2D eigenvalue weighted by Crippen LogP contribution is 2.11. The number of ether oxygens (including phenoxy) is 1. The summed E-state index contributed by atoms with van der Waals surface area (Å²) in [7, 11) is 1.92. The summed E-state index contributed by atoms with van der Waals surface area (Å²) in [5.74, 6) is 0. The summed E-state index contributed by atoms with van der Waals surface area (Å²) in [5.41, 5.74) is 0. The van der Waals surface area contributed by atoms with Gasteiger partial charge in [-0.1, -0.05) is 0 Å². The Kier molecular flexibility index (Phi) is 4.21. The predicted octanol–water partition coefficient (Wildman–Crippen LogP) is 1.19. The van der Waals surface area contributed by atoms with Crippen LogP contribution in [0.2, 0.25) is 0 Å². The Balaban J connectivity index is 2.15. The molecule has 1 N–H and O–H groups in total. The summed E-state index contributed by atoms with van der Waals surface area (Å²) in [4.78, 5) is 5.34. The maximum atomic E-state index is 5.38. The second kappa shape index (κ2) is 5.24. The van der Waals surface area contributed by atoms with Crippen molar-refractivity contribution >= 4 is 11.3 Å². The van der Waals surface area contributed by atoms with Gasteiger partial charge in [0.25, 0.3) is 0 Å². The lowest BCUT2D eigenvalue weighted by molar-refractivity contribution is 0.126. The van der Waals surface area contributed by atoms with E-state index >= 15 is 0 Å². The van der Waals surface area contributed by atoms with Crippen LogP contribution >= 0.6 is 11.3 Å². The van der Waals surface area contributed by atoms with Crippen LogP contribution in [0, 0.1) is 6.92 Å². The number of aromatic nitrogens is 1. The Bertz CT molecular complexity index is 225. The molecule has 0 atom stereocenters. The Labute approximate surface area is 76.8 Å². The first kappa shape index (κ1) is 9.64. The summed E-state index contributed by atoms with van der Waals surface area (Å²) in [6, 6.07) is 0. The average molecular weight is 186 g/mol. The van der Waals surface area contributed by atoms with Crippen molar-refractivity contribution in [2.75, 3.05) is 20.2 Å². The van der Waals surface area contributed by atoms with Gasteiger partial charge >= 0.3 is 0 Å². The van der Waals surface area contributed by atoms with Crippen molar-refractivity contribution in [3.05, 3.63) is 16.1 Å². The Morgan fingerprint density at radius 3 is 3.08 bits per heavy atom. The van der Waals surface area contributed by atoms with Crippen LogP contribution in [0.25, 0.3) is 0 Å². The monoisotopic (exact) mass is 186 g/mol. The molecule has 0 saturated carbocycles. The predicted molar refractivity (Wildman–Crippen MR) is 50.4 cm³/mol. The molecule has 12 heavy (non-hydrogen) atoms. The van der Waals surface area contributed by atoms with Gasteiger partial charge in [0.05, 0.1) is 23.1 Å². The highest BCUT2D eigenvalue weighted by Gasteiger charge is 1.96. The third-order valence-electron chi connectivity index (χ3n) is 1.41. The molecular formula is C8H14N2OS. The summed E-state index contributed by atoms with van der Waals surface area (Å²) in [6.45, 7) is 4.35. The third kappa shape index (κ3) is 3.30. The standard InChI is InChI=1S/C8H14N2OS/c1-7-10-5-8(12-7)6-11-4-3-9-2/h5,9H,3-4,6H2,1-2H3. The van der Waals surface area contributed by atoms with Gasteiger partial charge in [0.15, 0.2) is 0 Å². The summed E-state index contributed by atoms with van der Waals surface area (Å²) >= 11 is 1.69. The zero-order valence-corrected chi connectivity index (χ0v) is 8.28. The summed E-state index contributed by atoms with van der Waals surface area (Å²) < 4.78 is 5.38. The van der Waals surface area contributed by atoms with E-state index in [0.717, 1.165) is 18.2 Å². The molecule has 0 amide bonds. The number of hydrogen-bond acceptors (Lipinski definition) is 4. The second-order valence-corrected chi connectivity index (χ2v) is 3.82. The molecule has 1 aromatic heterocycles.